The lowest BCUT2D eigenvalue weighted by molar-refractivity contribution is -0.140. The van der Waals surface area contributed by atoms with Crippen LogP contribution in [-0.2, 0) is 14.3 Å². The molecule has 0 aromatic carbocycles. The molecule has 0 saturated heterocycles. The van der Waals surface area contributed by atoms with Crippen molar-refractivity contribution < 1.29 is 14.3 Å². The number of anilines is 1. The van der Waals surface area contributed by atoms with Gasteiger partial charge in [-0.1, -0.05) is 11.6 Å². The third-order valence-electron chi connectivity index (χ3n) is 2.24. The number of thioether (sulfide) groups is 1. The van der Waals surface area contributed by atoms with Crippen molar-refractivity contribution in [2.45, 2.75) is 11.3 Å². The zero-order valence-corrected chi connectivity index (χ0v) is 12.5. The van der Waals surface area contributed by atoms with Gasteiger partial charge in [-0.3, -0.25) is 4.79 Å². The first-order valence-electron chi connectivity index (χ1n) is 5.76. The monoisotopic (exact) mass is 304 g/mol. The Bertz CT molecular complexity index is 418. The highest BCUT2D eigenvalue weighted by atomic mass is 35.5. The molecule has 0 radical (unpaired) electrons. The highest BCUT2D eigenvalue weighted by Crippen LogP contribution is 2.31. The molecular formula is C12H17ClN2O3S. The van der Waals surface area contributed by atoms with Crippen LogP contribution in [0.5, 0.6) is 0 Å². The molecule has 1 heterocycles. The van der Waals surface area contributed by atoms with Gasteiger partial charge in [0.25, 0.3) is 0 Å². The maximum Gasteiger partial charge on any atom is 0.306 e. The molecule has 7 heteroatoms. The lowest BCUT2D eigenvalue weighted by atomic mass is 10.4. The minimum atomic E-state index is -0.226. The van der Waals surface area contributed by atoms with Crippen LogP contribution in [0.2, 0.25) is 5.02 Å². The maximum absolute atomic E-state index is 11.0. The lowest BCUT2D eigenvalue weighted by Crippen LogP contribution is -2.09. The first-order valence-corrected chi connectivity index (χ1v) is 7.12. The summed E-state index contributed by atoms with van der Waals surface area (Å²) in [5, 5.41) is 3.65. The molecule has 1 aromatic heterocycles. The second kappa shape index (κ2) is 9.01. The van der Waals surface area contributed by atoms with E-state index in [1.54, 1.807) is 13.3 Å². The number of hydrogen-bond donors (Lipinski definition) is 1. The molecule has 0 bridgehead atoms. The number of nitrogens with one attached hydrogen (secondary N) is 1. The summed E-state index contributed by atoms with van der Waals surface area (Å²) in [4.78, 5) is 16.1. The Morgan fingerprint density at radius 3 is 3.00 bits per heavy atom. The SMILES string of the molecule is COCCNc1nccc(SCCC(=O)OC)c1Cl. The number of methoxy groups -OCH3 is 2. The third-order valence-corrected chi connectivity index (χ3v) is 3.80. The Kier molecular flexibility index (Phi) is 7.62. The molecule has 0 saturated carbocycles. The van der Waals surface area contributed by atoms with E-state index in [0.29, 0.717) is 36.2 Å². The standard InChI is InChI=1S/C12H17ClN2O3S/c1-17-7-6-15-12-11(13)9(3-5-14-12)19-8-4-10(16)18-2/h3,5H,4,6-8H2,1-2H3,(H,14,15). The van der Waals surface area contributed by atoms with E-state index in [-0.39, 0.29) is 5.97 Å². The molecule has 0 atom stereocenters. The van der Waals surface area contributed by atoms with Crippen molar-refractivity contribution in [3.8, 4) is 0 Å². The number of rotatable bonds is 8. The smallest absolute Gasteiger partial charge is 0.306 e. The van der Waals surface area contributed by atoms with Gasteiger partial charge in [0, 0.05) is 30.5 Å². The van der Waals surface area contributed by atoms with Gasteiger partial charge in [0.2, 0.25) is 0 Å². The predicted molar refractivity (Wildman–Crippen MR) is 77.0 cm³/mol. The van der Waals surface area contributed by atoms with Crippen LogP contribution in [0.3, 0.4) is 0 Å². The number of carbonyl (C=O) groups excluding carboxylic acids is 1. The molecule has 106 valence electrons. The molecule has 0 unspecified atom stereocenters. The molecule has 0 aliphatic carbocycles. The normalized spacial score (nSPS) is 10.3. The van der Waals surface area contributed by atoms with Gasteiger partial charge in [-0.05, 0) is 6.07 Å². The van der Waals surface area contributed by atoms with Crippen molar-refractivity contribution in [1.82, 2.24) is 4.98 Å². The van der Waals surface area contributed by atoms with Gasteiger partial charge in [0.05, 0.1) is 25.2 Å². The number of ether oxygens (including phenoxy) is 2. The second-order valence-electron chi connectivity index (χ2n) is 3.57. The highest BCUT2D eigenvalue weighted by Gasteiger charge is 2.09. The van der Waals surface area contributed by atoms with Crippen LogP contribution in [0.15, 0.2) is 17.2 Å². The Morgan fingerprint density at radius 2 is 2.32 bits per heavy atom. The molecule has 0 fully saturated rings. The van der Waals surface area contributed by atoms with E-state index in [0.717, 1.165) is 4.90 Å². The summed E-state index contributed by atoms with van der Waals surface area (Å²) in [6.07, 6.45) is 2.04. The van der Waals surface area contributed by atoms with Crippen molar-refractivity contribution in [2.24, 2.45) is 0 Å². The Labute approximate surface area is 122 Å². The fraction of sp³-hybridized carbons (Fsp3) is 0.500. The minimum absolute atomic E-state index is 0.226. The molecule has 0 aliphatic heterocycles. The van der Waals surface area contributed by atoms with Crippen LogP contribution in [0.1, 0.15) is 6.42 Å². The van der Waals surface area contributed by atoms with Crippen LogP contribution in [0.25, 0.3) is 0 Å². The molecule has 1 N–H and O–H groups in total. The van der Waals surface area contributed by atoms with E-state index in [4.69, 9.17) is 16.3 Å². The summed E-state index contributed by atoms with van der Waals surface area (Å²) in [7, 11) is 3.01. The number of halogens is 1. The van der Waals surface area contributed by atoms with Crippen molar-refractivity contribution in [3.05, 3.63) is 17.3 Å². The quantitative estimate of drug-likeness (QED) is 0.452. The summed E-state index contributed by atoms with van der Waals surface area (Å²) in [6.45, 7) is 1.22. The highest BCUT2D eigenvalue weighted by molar-refractivity contribution is 7.99. The fourth-order valence-electron chi connectivity index (χ4n) is 1.28. The summed E-state index contributed by atoms with van der Waals surface area (Å²) in [6, 6.07) is 1.83. The molecule has 5 nitrogen and oxygen atoms in total. The van der Waals surface area contributed by atoms with Gasteiger partial charge in [-0.2, -0.15) is 0 Å². The van der Waals surface area contributed by atoms with Gasteiger partial charge in [0.1, 0.15) is 5.82 Å². The van der Waals surface area contributed by atoms with Crippen molar-refractivity contribution >= 4 is 35.1 Å². The van der Waals surface area contributed by atoms with Gasteiger partial charge < -0.3 is 14.8 Å². The van der Waals surface area contributed by atoms with E-state index in [1.165, 1.54) is 18.9 Å². The van der Waals surface area contributed by atoms with Gasteiger partial charge in [-0.15, -0.1) is 11.8 Å². The summed E-state index contributed by atoms with van der Waals surface area (Å²) in [5.41, 5.74) is 0. The van der Waals surface area contributed by atoms with Crippen molar-refractivity contribution in [2.75, 3.05) is 38.4 Å². The van der Waals surface area contributed by atoms with Crippen LogP contribution >= 0.6 is 23.4 Å². The van der Waals surface area contributed by atoms with E-state index >= 15 is 0 Å². The minimum Gasteiger partial charge on any atom is -0.469 e. The number of esters is 1. The van der Waals surface area contributed by atoms with E-state index in [2.05, 4.69) is 15.0 Å². The van der Waals surface area contributed by atoms with Crippen molar-refractivity contribution in [3.63, 3.8) is 0 Å². The first kappa shape index (κ1) is 16.1. The summed E-state index contributed by atoms with van der Waals surface area (Å²) >= 11 is 7.73. The molecule has 0 aliphatic rings. The number of pyridine rings is 1. The van der Waals surface area contributed by atoms with Crippen LogP contribution < -0.4 is 5.32 Å². The maximum atomic E-state index is 11.0. The van der Waals surface area contributed by atoms with Crippen molar-refractivity contribution in [1.29, 1.82) is 0 Å². The number of aromatic nitrogens is 1. The van der Waals surface area contributed by atoms with Crippen LogP contribution in [0.4, 0.5) is 5.82 Å². The van der Waals surface area contributed by atoms with Gasteiger partial charge in [-0.25, -0.2) is 4.98 Å². The zero-order chi connectivity index (χ0) is 14.1. The summed E-state index contributed by atoms with van der Waals surface area (Å²) < 4.78 is 9.53. The second-order valence-corrected chi connectivity index (χ2v) is 5.08. The zero-order valence-electron chi connectivity index (χ0n) is 10.9. The van der Waals surface area contributed by atoms with E-state index in [9.17, 15) is 4.79 Å². The Morgan fingerprint density at radius 1 is 1.53 bits per heavy atom. The number of nitrogens with zero attached hydrogens (tertiary/aromatic N) is 1. The topological polar surface area (TPSA) is 60.5 Å². The van der Waals surface area contributed by atoms with Gasteiger partial charge >= 0.3 is 5.97 Å². The molecule has 0 amide bonds. The average Bonchev–Trinajstić information content (AvgIpc) is 2.42. The molecule has 0 spiro atoms. The van der Waals surface area contributed by atoms with Crippen LogP contribution in [-0.4, -0.2) is 44.1 Å². The van der Waals surface area contributed by atoms with Gasteiger partial charge in [0.15, 0.2) is 0 Å². The Hall–Kier alpha value is -0.980. The first-order chi connectivity index (χ1) is 9.19. The van der Waals surface area contributed by atoms with Crippen LogP contribution in [0, 0.1) is 0 Å². The number of hydrogen-bond acceptors (Lipinski definition) is 6. The fourth-order valence-corrected chi connectivity index (χ4v) is 2.49. The van der Waals surface area contributed by atoms with E-state index in [1.807, 2.05) is 6.07 Å². The molecule has 1 aromatic rings. The molecule has 19 heavy (non-hydrogen) atoms. The Balaban J connectivity index is 2.54. The largest absolute Gasteiger partial charge is 0.469 e. The predicted octanol–water partition coefficient (Wildman–Crippen LogP) is 2.45. The molecule has 1 rings (SSSR count). The number of carbonyl (C=O) groups is 1. The summed E-state index contributed by atoms with van der Waals surface area (Å²) in [5.74, 6) is 1.02. The van der Waals surface area contributed by atoms with E-state index < -0.39 is 0 Å². The lowest BCUT2D eigenvalue weighted by Gasteiger charge is -2.10. The average molecular weight is 305 g/mol. The molecular weight excluding hydrogens is 288 g/mol. The third kappa shape index (κ3) is 5.67.